The maximum Gasteiger partial charge on any atom is 0.280 e. The largest absolute Gasteiger partial charge is 0.486 e. The van der Waals surface area contributed by atoms with Crippen molar-refractivity contribution in [2.75, 3.05) is 6.61 Å². The molecule has 1 atom stereocenters. The zero-order valence-electron chi connectivity index (χ0n) is 13.4. The fourth-order valence-electron chi connectivity index (χ4n) is 2.42. The maximum atomic E-state index is 5.92. The van der Waals surface area contributed by atoms with E-state index in [0.29, 0.717) is 30.6 Å². The average Bonchev–Trinajstić information content (AvgIpc) is 3.24. The molecule has 0 spiro atoms. The van der Waals surface area contributed by atoms with E-state index < -0.39 is 0 Å². The minimum absolute atomic E-state index is 0.136. The molecule has 0 bridgehead atoms. The second-order valence-electron chi connectivity index (χ2n) is 5.94. The molecule has 1 aromatic carbocycles. The first-order valence-electron chi connectivity index (χ1n) is 7.81. The second kappa shape index (κ2) is 5.95. The molecule has 3 aromatic rings. The van der Waals surface area contributed by atoms with Crippen LogP contribution < -0.4 is 9.47 Å². The van der Waals surface area contributed by atoms with Gasteiger partial charge >= 0.3 is 0 Å². The van der Waals surface area contributed by atoms with Crippen LogP contribution in [0.5, 0.6) is 11.5 Å². The molecule has 0 N–H and O–H groups in total. The Morgan fingerprint density at radius 2 is 2.08 bits per heavy atom. The van der Waals surface area contributed by atoms with Gasteiger partial charge in [0, 0.05) is 5.92 Å². The van der Waals surface area contributed by atoms with Crippen molar-refractivity contribution in [2.45, 2.75) is 32.4 Å². The molecule has 1 aliphatic rings. The fraction of sp³-hybridized carbons (Fsp3) is 0.375. The summed E-state index contributed by atoms with van der Waals surface area (Å²) in [6.45, 7) is 4.99. The average molecular weight is 327 g/mol. The summed E-state index contributed by atoms with van der Waals surface area (Å²) in [6.07, 6.45) is 1.63. The van der Waals surface area contributed by atoms with Crippen LogP contribution in [0.15, 0.2) is 35.0 Å². The molecule has 0 saturated carbocycles. The molecule has 24 heavy (non-hydrogen) atoms. The molecular formula is C16H17N5O3. The third-order valence-corrected chi connectivity index (χ3v) is 3.67. The van der Waals surface area contributed by atoms with Gasteiger partial charge in [-0.15, -0.1) is 5.10 Å². The van der Waals surface area contributed by atoms with Crippen molar-refractivity contribution in [3.63, 3.8) is 0 Å². The van der Waals surface area contributed by atoms with Crippen molar-refractivity contribution in [2.24, 2.45) is 0 Å². The zero-order valence-corrected chi connectivity index (χ0v) is 13.4. The van der Waals surface area contributed by atoms with Crippen molar-refractivity contribution in [3.05, 3.63) is 36.3 Å². The predicted octanol–water partition coefficient (Wildman–Crippen LogP) is 2.29. The lowest BCUT2D eigenvalue weighted by atomic mass is 10.2. The molecule has 8 nitrogen and oxygen atoms in total. The summed E-state index contributed by atoms with van der Waals surface area (Å²) in [7, 11) is 0. The monoisotopic (exact) mass is 327 g/mol. The highest BCUT2D eigenvalue weighted by Gasteiger charge is 2.22. The van der Waals surface area contributed by atoms with Crippen molar-refractivity contribution in [1.82, 2.24) is 25.1 Å². The molecule has 3 heterocycles. The van der Waals surface area contributed by atoms with E-state index in [1.165, 1.54) is 0 Å². The van der Waals surface area contributed by atoms with Crippen molar-refractivity contribution < 1.29 is 14.0 Å². The number of fused-ring (bicyclic) bond motifs is 1. The van der Waals surface area contributed by atoms with Crippen LogP contribution in [0, 0.1) is 0 Å². The van der Waals surface area contributed by atoms with Crippen molar-refractivity contribution in [3.8, 4) is 23.1 Å². The van der Waals surface area contributed by atoms with Crippen LogP contribution in [0.25, 0.3) is 11.6 Å². The normalized spacial score (nSPS) is 16.5. The summed E-state index contributed by atoms with van der Waals surface area (Å²) in [5.74, 6) is 2.73. The van der Waals surface area contributed by atoms with Crippen LogP contribution in [0.3, 0.4) is 0 Å². The number of hydrogen-bond acceptors (Lipinski definition) is 7. The Labute approximate surface area is 138 Å². The first kappa shape index (κ1) is 14.7. The maximum absolute atomic E-state index is 5.92. The van der Waals surface area contributed by atoms with E-state index in [0.717, 1.165) is 11.5 Å². The SMILES string of the molecule is CC(C)c1noc(-c2cn(CC3COc4ccccc4O3)nn2)n1. The molecule has 0 radical (unpaired) electrons. The van der Waals surface area contributed by atoms with Crippen LogP contribution in [-0.4, -0.2) is 37.8 Å². The molecular weight excluding hydrogens is 310 g/mol. The number of aromatic nitrogens is 5. The molecule has 124 valence electrons. The molecule has 8 heteroatoms. The predicted molar refractivity (Wildman–Crippen MR) is 83.8 cm³/mol. The Balaban J connectivity index is 1.46. The van der Waals surface area contributed by atoms with Crippen LogP contribution in [0.4, 0.5) is 0 Å². The lowest BCUT2D eigenvalue weighted by molar-refractivity contribution is 0.0755. The van der Waals surface area contributed by atoms with E-state index in [1.54, 1.807) is 10.9 Å². The topological polar surface area (TPSA) is 88.1 Å². The quantitative estimate of drug-likeness (QED) is 0.726. The standard InChI is InChI=1S/C16H17N5O3/c1-10(2)15-17-16(24-19-15)12-8-21(20-18-12)7-11-9-22-13-5-3-4-6-14(13)23-11/h3-6,8,10-11H,7,9H2,1-2H3. The first-order valence-corrected chi connectivity index (χ1v) is 7.81. The lowest BCUT2D eigenvalue weighted by Gasteiger charge is -2.26. The Hall–Kier alpha value is -2.90. The smallest absolute Gasteiger partial charge is 0.280 e. The Morgan fingerprint density at radius 3 is 2.88 bits per heavy atom. The summed E-state index contributed by atoms with van der Waals surface area (Å²) in [6, 6.07) is 7.61. The highest BCUT2D eigenvalue weighted by Crippen LogP contribution is 2.31. The van der Waals surface area contributed by atoms with Gasteiger partial charge in [0.2, 0.25) is 0 Å². The van der Waals surface area contributed by atoms with E-state index in [4.69, 9.17) is 14.0 Å². The van der Waals surface area contributed by atoms with E-state index in [-0.39, 0.29) is 12.0 Å². The number of hydrogen-bond donors (Lipinski definition) is 0. The van der Waals surface area contributed by atoms with Gasteiger partial charge in [0.25, 0.3) is 5.89 Å². The molecule has 0 fully saturated rings. The minimum Gasteiger partial charge on any atom is -0.486 e. The Morgan fingerprint density at radius 1 is 1.25 bits per heavy atom. The van der Waals surface area contributed by atoms with Crippen LogP contribution >= 0.6 is 0 Å². The molecule has 4 rings (SSSR count). The van der Waals surface area contributed by atoms with E-state index in [1.807, 2.05) is 38.1 Å². The Bertz CT molecular complexity index is 842. The Kier molecular flexibility index (Phi) is 3.64. The molecule has 0 amide bonds. The number of rotatable bonds is 4. The zero-order chi connectivity index (χ0) is 16.5. The van der Waals surface area contributed by atoms with Crippen molar-refractivity contribution in [1.29, 1.82) is 0 Å². The third-order valence-electron chi connectivity index (χ3n) is 3.67. The van der Waals surface area contributed by atoms with Gasteiger partial charge in [0.05, 0.1) is 12.7 Å². The third kappa shape index (κ3) is 2.82. The summed E-state index contributed by atoms with van der Waals surface area (Å²) in [5.41, 5.74) is 0.548. The van der Waals surface area contributed by atoms with E-state index in [2.05, 4.69) is 20.5 Å². The van der Waals surface area contributed by atoms with Crippen LogP contribution in [-0.2, 0) is 6.54 Å². The van der Waals surface area contributed by atoms with Gasteiger partial charge in [0.1, 0.15) is 6.61 Å². The van der Waals surface area contributed by atoms with E-state index >= 15 is 0 Å². The number of ether oxygens (including phenoxy) is 2. The van der Waals surface area contributed by atoms with Gasteiger partial charge in [-0.2, -0.15) is 4.98 Å². The lowest BCUT2D eigenvalue weighted by Crippen LogP contribution is -2.33. The van der Waals surface area contributed by atoms with Crippen LogP contribution in [0.1, 0.15) is 25.6 Å². The van der Waals surface area contributed by atoms with Gasteiger partial charge in [-0.1, -0.05) is 36.4 Å². The summed E-state index contributed by atoms with van der Waals surface area (Å²) < 4.78 is 18.5. The summed E-state index contributed by atoms with van der Waals surface area (Å²) in [5, 5.41) is 12.1. The van der Waals surface area contributed by atoms with Gasteiger partial charge in [-0.25, -0.2) is 4.68 Å². The van der Waals surface area contributed by atoms with Crippen molar-refractivity contribution >= 4 is 0 Å². The summed E-state index contributed by atoms with van der Waals surface area (Å²) in [4.78, 5) is 4.32. The van der Waals surface area contributed by atoms with Gasteiger partial charge in [-0.05, 0) is 12.1 Å². The highest BCUT2D eigenvalue weighted by molar-refractivity contribution is 5.43. The summed E-state index contributed by atoms with van der Waals surface area (Å²) >= 11 is 0. The minimum atomic E-state index is -0.136. The van der Waals surface area contributed by atoms with Gasteiger partial charge in [0.15, 0.2) is 29.1 Å². The second-order valence-corrected chi connectivity index (χ2v) is 5.94. The van der Waals surface area contributed by atoms with E-state index in [9.17, 15) is 0 Å². The fourth-order valence-corrected chi connectivity index (χ4v) is 2.42. The number of benzene rings is 1. The molecule has 1 aliphatic heterocycles. The first-order chi connectivity index (χ1) is 11.7. The molecule has 1 unspecified atom stereocenters. The highest BCUT2D eigenvalue weighted by atomic mass is 16.6. The molecule has 0 saturated heterocycles. The molecule has 2 aromatic heterocycles. The van der Waals surface area contributed by atoms with Gasteiger partial charge < -0.3 is 14.0 Å². The van der Waals surface area contributed by atoms with Gasteiger partial charge in [-0.3, -0.25) is 0 Å². The number of nitrogens with zero attached hydrogens (tertiary/aromatic N) is 5. The van der Waals surface area contributed by atoms with Crippen LogP contribution in [0.2, 0.25) is 0 Å². The number of para-hydroxylation sites is 2. The molecule has 0 aliphatic carbocycles.